The monoisotopic (exact) mass is 530 g/mol. The van der Waals surface area contributed by atoms with Crippen molar-refractivity contribution in [1.29, 1.82) is 0 Å². The number of nitrogens with one attached hydrogen (secondary N) is 1. The first-order chi connectivity index (χ1) is 17.0. The molecule has 1 amide bonds. The van der Waals surface area contributed by atoms with Gasteiger partial charge in [-0.25, -0.2) is 9.48 Å². The third-order valence-electron chi connectivity index (χ3n) is 6.76. The Hall–Kier alpha value is -2.69. The van der Waals surface area contributed by atoms with Crippen molar-refractivity contribution in [3.8, 4) is 0 Å². The van der Waals surface area contributed by atoms with E-state index in [1.54, 1.807) is 15.8 Å². The first-order valence-corrected chi connectivity index (χ1v) is 16.4. The maximum atomic E-state index is 12.2. The Morgan fingerprint density at radius 3 is 2.72 bits per heavy atom. The fourth-order valence-electron chi connectivity index (χ4n) is 4.65. The second-order valence-corrected chi connectivity index (χ2v) is 17.0. The number of halogens is 1. The number of aromatic nitrogens is 4. The number of carboxylic acid groups (broad SMARTS) is 1. The zero-order valence-electron chi connectivity index (χ0n) is 21.4. The minimum atomic E-state index is -1.18. The van der Waals surface area contributed by atoms with Gasteiger partial charge in [-0.15, -0.1) is 0 Å². The summed E-state index contributed by atoms with van der Waals surface area (Å²) in [7, 11) is -1.18. The predicted molar refractivity (Wildman–Crippen MR) is 144 cm³/mol. The second kappa shape index (κ2) is 10.7. The molecule has 1 aliphatic heterocycles. The van der Waals surface area contributed by atoms with Gasteiger partial charge in [0.2, 0.25) is 5.28 Å². The second-order valence-electron chi connectivity index (χ2n) is 11.0. The summed E-state index contributed by atoms with van der Waals surface area (Å²) < 4.78 is 7.52. The Morgan fingerprint density at radius 1 is 1.28 bits per heavy atom. The van der Waals surface area contributed by atoms with Crippen molar-refractivity contribution in [3.63, 3.8) is 0 Å². The summed E-state index contributed by atoms with van der Waals surface area (Å²) in [6.07, 6.45) is 2.96. The molecule has 11 heteroatoms. The van der Waals surface area contributed by atoms with Gasteiger partial charge in [-0.1, -0.05) is 50.0 Å². The Morgan fingerprint density at radius 2 is 2.03 bits per heavy atom. The number of ether oxygens (including phenoxy) is 1. The zero-order chi connectivity index (χ0) is 25.9. The molecule has 0 radical (unpaired) electrons. The summed E-state index contributed by atoms with van der Waals surface area (Å²) in [5.41, 5.74) is 1.23. The molecule has 2 atom stereocenters. The normalized spacial score (nSPS) is 20.6. The van der Waals surface area contributed by atoms with E-state index in [-0.39, 0.29) is 18.1 Å². The number of carbonyl (C=O) groups is 1. The lowest BCUT2D eigenvalue weighted by Gasteiger charge is -2.46. The van der Waals surface area contributed by atoms with Crippen molar-refractivity contribution in [3.05, 3.63) is 47.4 Å². The van der Waals surface area contributed by atoms with Gasteiger partial charge in [-0.05, 0) is 49.4 Å². The van der Waals surface area contributed by atoms with Crippen LogP contribution in [0.3, 0.4) is 0 Å². The van der Waals surface area contributed by atoms with Crippen molar-refractivity contribution in [2.24, 2.45) is 0 Å². The van der Waals surface area contributed by atoms with Gasteiger partial charge in [0.25, 0.3) is 0 Å². The molecule has 3 aromatic rings. The van der Waals surface area contributed by atoms with E-state index in [2.05, 4.69) is 40.0 Å². The van der Waals surface area contributed by atoms with Gasteiger partial charge in [0.1, 0.15) is 12.5 Å². The molecule has 0 saturated carbocycles. The number of piperidine rings is 1. The molecule has 2 N–H and O–H groups in total. The van der Waals surface area contributed by atoms with Gasteiger partial charge in [0.15, 0.2) is 5.65 Å². The van der Waals surface area contributed by atoms with E-state index < -0.39 is 19.7 Å². The van der Waals surface area contributed by atoms with Gasteiger partial charge < -0.3 is 20.1 Å². The highest BCUT2D eigenvalue weighted by molar-refractivity contribution is 6.76. The number of fused-ring (bicyclic) bond motifs is 1. The van der Waals surface area contributed by atoms with Crippen LogP contribution in [0.5, 0.6) is 0 Å². The summed E-state index contributed by atoms with van der Waals surface area (Å²) in [6, 6.07) is 11.0. The van der Waals surface area contributed by atoms with Crippen molar-refractivity contribution < 1.29 is 14.6 Å². The Bertz CT molecular complexity index is 1200. The Labute approximate surface area is 217 Å². The molecule has 1 aromatic carbocycles. The largest absolute Gasteiger partial charge is 0.465 e. The molecule has 0 unspecified atom stereocenters. The fraction of sp³-hybridized carbons (Fsp3) is 0.520. The summed E-state index contributed by atoms with van der Waals surface area (Å²) in [5.74, 6) is 0.556. The smallest absolute Gasteiger partial charge is 0.407 e. The number of rotatable bonds is 9. The van der Waals surface area contributed by atoms with Crippen LogP contribution in [0.15, 0.2) is 36.5 Å². The summed E-state index contributed by atoms with van der Waals surface area (Å²) in [4.78, 5) is 22.6. The quantitative estimate of drug-likeness (QED) is 0.218. The molecule has 0 spiro atoms. The van der Waals surface area contributed by atoms with Crippen LogP contribution in [-0.2, 0) is 17.9 Å². The molecule has 1 aliphatic rings. The Kier molecular flexibility index (Phi) is 7.87. The highest BCUT2D eigenvalue weighted by Crippen LogP contribution is 2.33. The van der Waals surface area contributed by atoms with Crippen LogP contribution in [0.4, 0.5) is 10.6 Å². The maximum Gasteiger partial charge on any atom is 0.407 e. The first kappa shape index (κ1) is 26.4. The van der Waals surface area contributed by atoms with Gasteiger partial charge in [0.05, 0.1) is 11.6 Å². The van der Waals surface area contributed by atoms with Crippen LogP contribution in [0.1, 0.15) is 25.3 Å². The average molecular weight is 531 g/mol. The number of hydrogen-bond acceptors (Lipinski definition) is 6. The van der Waals surface area contributed by atoms with Crippen LogP contribution in [0, 0.1) is 0 Å². The lowest BCUT2D eigenvalue weighted by atomic mass is 9.81. The number of amides is 1. The van der Waals surface area contributed by atoms with Crippen LogP contribution in [-0.4, -0.2) is 68.7 Å². The van der Waals surface area contributed by atoms with Crippen molar-refractivity contribution in [2.45, 2.75) is 70.2 Å². The van der Waals surface area contributed by atoms with Crippen LogP contribution >= 0.6 is 11.6 Å². The maximum absolute atomic E-state index is 12.2. The number of anilines is 1. The minimum Gasteiger partial charge on any atom is -0.465 e. The molecule has 36 heavy (non-hydrogen) atoms. The fourth-order valence-corrected chi connectivity index (χ4v) is 5.58. The molecule has 2 aromatic heterocycles. The molecule has 194 valence electrons. The number of hydrogen-bond donors (Lipinski definition) is 2. The molecular formula is C25H35ClN6O3Si. The number of nitrogens with zero attached hydrogens (tertiary/aromatic N) is 5. The molecule has 1 fully saturated rings. The van der Waals surface area contributed by atoms with Crippen molar-refractivity contribution >= 4 is 42.6 Å². The van der Waals surface area contributed by atoms with E-state index in [0.29, 0.717) is 31.0 Å². The molecule has 1 saturated heterocycles. The van der Waals surface area contributed by atoms with Crippen molar-refractivity contribution in [2.75, 3.05) is 18.5 Å². The van der Waals surface area contributed by atoms with Crippen LogP contribution in [0.2, 0.25) is 31.0 Å². The molecular weight excluding hydrogens is 496 g/mol. The van der Waals surface area contributed by atoms with Crippen LogP contribution in [0.25, 0.3) is 11.0 Å². The van der Waals surface area contributed by atoms with Gasteiger partial charge in [-0.3, -0.25) is 0 Å². The van der Waals surface area contributed by atoms with E-state index in [1.807, 2.05) is 37.3 Å². The first-order valence-electron chi connectivity index (χ1n) is 12.3. The van der Waals surface area contributed by atoms with Gasteiger partial charge in [-0.2, -0.15) is 15.1 Å². The molecule has 9 nitrogen and oxygen atoms in total. The molecule has 0 aliphatic carbocycles. The predicted octanol–water partition coefficient (Wildman–Crippen LogP) is 5.35. The van der Waals surface area contributed by atoms with Gasteiger partial charge >= 0.3 is 6.09 Å². The third-order valence-corrected chi connectivity index (χ3v) is 8.64. The van der Waals surface area contributed by atoms with E-state index in [1.165, 1.54) is 0 Å². The topological polar surface area (TPSA) is 105 Å². The summed E-state index contributed by atoms with van der Waals surface area (Å²) in [5, 5.41) is 18.7. The zero-order valence-corrected chi connectivity index (χ0v) is 23.1. The molecule has 4 rings (SSSR count). The lowest BCUT2D eigenvalue weighted by molar-refractivity contribution is 0.0532. The number of likely N-dealkylation sites (tertiary alicyclic amines) is 1. The highest BCUT2D eigenvalue weighted by Gasteiger charge is 2.41. The van der Waals surface area contributed by atoms with E-state index >= 15 is 0 Å². The van der Waals surface area contributed by atoms with Gasteiger partial charge in [0, 0.05) is 32.8 Å². The summed E-state index contributed by atoms with van der Waals surface area (Å²) in [6.45, 7) is 10.3. The van der Waals surface area contributed by atoms with E-state index in [0.717, 1.165) is 29.8 Å². The van der Waals surface area contributed by atoms with Crippen LogP contribution < -0.4 is 5.32 Å². The molecule has 3 heterocycles. The lowest BCUT2D eigenvalue weighted by Crippen LogP contribution is -2.58. The summed E-state index contributed by atoms with van der Waals surface area (Å²) >= 11 is 6.26. The SMILES string of the molecule is C[C@@]1(Cc2ccccc2)CC[C@@H](Nc2nc(Cl)nc3c2cnn3COCC[Si](C)(C)C)CN1C(=O)O. The molecule has 0 bridgehead atoms. The van der Waals surface area contributed by atoms with E-state index in [9.17, 15) is 9.90 Å². The van der Waals surface area contributed by atoms with E-state index in [4.69, 9.17) is 16.3 Å². The number of benzene rings is 1. The minimum absolute atomic E-state index is 0.105. The highest BCUT2D eigenvalue weighted by atomic mass is 35.5. The van der Waals surface area contributed by atoms with Crippen molar-refractivity contribution in [1.82, 2.24) is 24.6 Å². The average Bonchev–Trinajstić information content (AvgIpc) is 3.20. The standard InChI is InChI=1S/C25H35ClN6O3Si/c1-25(14-18-8-6-5-7-9-18)11-10-19(16-31(25)24(33)34)28-21-20-15-27-32(22(20)30-23(26)29-21)17-35-12-13-36(2,3)4/h5-9,15,19H,10-14,16-17H2,1-4H3,(H,33,34)(H,28,29,30)/t19-,25+/m1/s1. The Balaban J connectivity index is 1.47. The third kappa shape index (κ3) is 6.35.